The number of benzene rings is 1. The van der Waals surface area contributed by atoms with Crippen LogP contribution in [-0.2, 0) is 4.74 Å². The van der Waals surface area contributed by atoms with E-state index in [1.54, 1.807) is 13.3 Å². The molecule has 1 aliphatic heterocycles. The minimum atomic E-state index is -0.372. The molecule has 1 unspecified atom stereocenters. The Morgan fingerprint density at radius 2 is 1.96 bits per heavy atom. The average molecular weight is 310 g/mol. The predicted molar refractivity (Wildman–Crippen MR) is 81.2 cm³/mol. The topological polar surface area (TPSA) is 66.6 Å². The number of ether oxygens (including phenoxy) is 3. The maximum absolute atomic E-state index is 5.52. The van der Waals surface area contributed by atoms with Gasteiger partial charge in [0.1, 0.15) is 11.8 Å². The Balaban J connectivity index is 1.66. The monoisotopic (exact) mass is 310 g/mol. The van der Waals surface area contributed by atoms with Gasteiger partial charge in [0.2, 0.25) is 6.79 Å². The second kappa shape index (κ2) is 5.73. The standard InChI is InChI=1S/C17H14N2O4/c1-20-17(12-4-2-3-7-18-12)13-9-15(23-19-13)11-5-6-14-16(8-11)22-10-21-14/h2-9,17H,10H2,1H3. The fourth-order valence-electron chi connectivity index (χ4n) is 2.52. The molecule has 4 rings (SSSR count). The largest absolute Gasteiger partial charge is 0.454 e. The van der Waals surface area contributed by atoms with Gasteiger partial charge in [-0.25, -0.2) is 0 Å². The summed E-state index contributed by atoms with van der Waals surface area (Å²) in [5, 5.41) is 4.12. The number of hydrogen-bond acceptors (Lipinski definition) is 6. The lowest BCUT2D eigenvalue weighted by atomic mass is 10.1. The second-order valence-electron chi connectivity index (χ2n) is 5.05. The third kappa shape index (κ3) is 2.53. The van der Waals surface area contributed by atoms with Crippen LogP contribution in [0.2, 0.25) is 0 Å². The van der Waals surface area contributed by atoms with E-state index >= 15 is 0 Å². The maximum atomic E-state index is 5.52. The van der Waals surface area contributed by atoms with E-state index in [0.29, 0.717) is 17.2 Å². The van der Waals surface area contributed by atoms with E-state index in [1.807, 2.05) is 42.5 Å². The Morgan fingerprint density at radius 3 is 2.78 bits per heavy atom. The summed E-state index contributed by atoms with van der Waals surface area (Å²) < 4.78 is 21.7. The van der Waals surface area contributed by atoms with Gasteiger partial charge in [0, 0.05) is 24.9 Å². The van der Waals surface area contributed by atoms with Crippen LogP contribution < -0.4 is 9.47 Å². The summed E-state index contributed by atoms with van der Waals surface area (Å²) in [5.41, 5.74) is 2.31. The smallest absolute Gasteiger partial charge is 0.231 e. The second-order valence-corrected chi connectivity index (χ2v) is 5.05. The molecule has 0 amide bonds. The third-order valence-electron chi connectivity index (χ3n) is 3.65. The highest BCUT2D eigenvalue weighted by molar-refractivity contribution is 5.63. The molecule has 0 spiro atoms. The maximum Gasteiger partial charge on any atom is 0.231 e. The summed E-state index contributed by atoms with van der Waals surface area (Å²) in [5.74, 6) is 2.07. The van der Waals surface area contributed by atoms with Crippen molar-refractivity contribution in [2.24, 2.45) is 0 Å². The van der Waals surface area contributed by atoms with Crippen LogP contribution in [-0.4, -0.2) is 24.0 Å². The van der Waals surface area contributed by atoms with Crippen LogP contribution in [0.1, 0.15) is 17.5 Å². The van der Waals surface area contributed by atoms with Crippen LogP contribution in [0.15, 0.2) is 53.2 Å². The van der Waals surface area contributed by atoms with Crippen LogP contribution in [0.3, 0.4) is 0 Å². The first-order valence-electron chi connectivity index (χ1n) is 7.15. The highest BCUT2D eigenvalue weighted by Gasteiger charge is 2.21. The molecular formula is C17H14N2O4. The zero-order valence-corrected chi connectivity index (χ0v) is 12.4. The van der Waals surface area contributed by atoms with Crippen molar-refractivity contribution in [2.45, 2.75) is 6.10 Å². The molecule has 0 bridgehead atoms. The first-order chi connectivity index (χ1) is 11.3. The molecule has 116 valence electrons. The Hall–Kier alpha value is -2.86. The number of hydrogen-bond donors (Lipinski definition) is 0. The van der Waals surface area contributed by atoms with Gasteiger partial charge in [0.25, 0.3) is 0 Å². The Kier molecular flexibility index (Phi) is 3.44. The number of pyridine rings is 1. The van der Waals surface area contributed by atoms with E-state index in [1.165, 1.54) is 0 Å². The molecule has 3 heterocycles. The Bertz CT molecular complexity index is 816. The van der Waals surface area contributed by atoms with Crippen molar-refractivity contribution in [1.29, 1.82) is 0 Å². The van der Waals surface area contributed by atoms with Gasteiger partial charge >= 0.3 is 0 Å². The van der Waals surface area contributed by atoms with Crippen LogP contribution in [0.5, 0.6) is 11.5 Å². The lowest BCUT2D eigenvalue weighted by molar-refractivity contribution is 0.126. The molecule has 0 fully saturated rings. The molecule has 0 saturated heterocycles. The van der Waals surface area contributed by atoms with Crippen LogP contribution in [0, 0.1) is 0 Å². The molecule has 6 nitrogen and oxygen atoms in total. The average Bonchev–Trinajstić information content (AvgIpc) is 3.25. The molecule has 3 aromatic rings. The van der Waals surface area contributed by atoms with Crippen LogP contribution in [0.25, 0.3) is 11.3 Å². The lowest BCUT2D eigenvalue weighted by Crippen LogP contribution is -2.05. The summed E-state index contributed by atoms with van der Waals surface area (Å²) >= 11 is 0. The van der Waals surface area contributed by atoms with Crippen molar-refractivity contribution >= 4 is 0 Å². The first-order valence-corrected chi connectivity index (χ1v) is 7.15. The molecule has 1 aliphatic rings. The molecule has 6 heteroatoms. The van der Waals surface area contributed by atoms with E-state index < -0.39 is 0 Å². The van der Waals surface area contributed by atoms with E-state index in [-0.39, 0.29) is 12.9 Å². The van der Waals surface area contributed by atoms with Gasteiger partial charge in [-0.3, -0.25) is 4.98 Å². The van der Waals surface area contributed by atoms with E-state index in [0.717, 1.165) is 17.0 Å². The number of methoxy groups -OCH3 is 1. The molecule has 23 heavy (non-hydrogen) atoms. The van der Waals surface area contributed by atoms with Gasteiger partial charge in [-0.05, 0) is 30.3 Å². The van der Waals surface area contributed by atoms with Gasteiger partial charge in [0.05, 0.1) is 5.69 Å². The SMILES string of the molecule is COC(c1ccccn1)c1cc(-c2ccc3c(c2)OCO3)on1. The van der Waals surface area contributed by atoms with Crippen LogP contribution >= 0.6 is 0 Å². The molecule has 0 N–H and O–H groups in total. The summed E-state index contributed by atoms with van der Waals surface area (Å²) in [7, 11) is 1.62. The zero-order chi connectivity index (χ0) is 15.6. The lowest BCUT2D eigenvalue weighted by Gasteiger charge is -2.10. The van der Waals surface area contributed by atoms with E-state index in [2.05, 4.69) is 10.1 Å². The molecule has 0 radical (unpaired) electrons. The van der Waals surface area contributed by atoms with Crippen molar-refractivity contribution < 1.29 is 18.7 Å². The van der Waals surface area contributed by atoms with Crippen molar-refractivity contribution in [3.05, 3.63) is 60.0 Å². The van der Waals surface area contributed by atoms with Gasteiger partial charge in [-0.2, -0.15) is 0 Å². The molecular weight excluding hydrogens is 296 g/mol. The summed E-state index contributed by atoms with van der Waals surface area (Å²) in [6.07, 6.45) is 1.35. The molecule has 0 saturated carbocycles. The Labute approximate surface area is 132 Å². The predicted octanol–water partition coefficient (Wildman–Crippen LogP) is 3.20. The summed E-state index contributed by atoms with van der Waals surface area (Å²) in [6.45, 7) is 0.242. The first kappa shape index (κ1) is 13.8. The quantitative estimate of drug-likeness (QED) is 0.737. The number of fused-ring (bicyclic) bond motifs is 1. The van der Waals surface area contributed by atoms with E-state index in [9.17, 15) is 0 Å². The summed E-state index contributed by atoms with van der Waals surface area (Å²) in [6, 6.07) is 13.1. The molecule has 0 aliphatic carbocycles. The number of rotatable bonds is 4. The normalized spacial score (nSPS) is 14.0. The fourth-order valence-corrected chi connectivity index (χ4v) is 2.52. The van der Waals surface area contributed by atoms with Crippen molar-refractivity contribution in [3.63, 3.8) is 0 Å². The number of aromatic nitrogens is 2. The Morgan fingerprint density at radius 1 is 1.04 bits per heavy atom. The highest BCUT2D eigenvalue weighted by atomic mass is 16.7. The fraction of sp³-hybridized carbons (Fsp3) is 0.176. The van der Waals surface area contributed by atoms with Gasteiger partial charge < -0.3 is 18.7 Å². The van der Waals surface area contributed by atoms with Gasteiger partial charge in [0.15, 0.2) is 17.3 Å². The van der Waals surface area contributed by atoms with Crippen molar-refractivity contribution in [2.75, 3.05) is 13.9 Å². The summed E-state index contributed by atoms with van der Waals surface area (Å²) in [4.78, 5) is 4.31. The molecule has 2 aromatic heterocycles. The van der Waals surface area contributed by atoms with Crippen molar-refractivity contribution in [1.82, 2.24) is 10.1 Å². The van der Waals surface area contributed by atoms with Crippen molar-refractivity contribution in [3.8, 4) is 22.8 Å². The van der Waals surface area contributed by atoms with Gasteiger partial charge in [-0.1, -0.05) is 11.2 Å². The van der Waals surface area contributed by atoms with Gasteiger partial charge in [-0.15, -0.1) is 0 Å². The zero-order valence-electron chi connectivity index (χ0n) is 12.4. The minimum absolute atomic E-state index is 0.242. The molecule has 1 atom stereocenters. The third-order valence-corrected chi connectivity index (χ3v) is 3.65. The highest BCUT2D eigenvalue weighted by Crippen LogP contribution is 2.36. The number of nitrogens with zero attached hydrogens (tertiary/aromatic N) is 2. The van der Waals surface area contributed by atoms with Crippen LogP contribution in [0.4, 0.5) is 0 Å². The minimum Gasteiger partial charge on any atom is -0.454 e. The van der Waals surface area contributed by atoms with E-state index in [4.69, 9.17) is 18.7 Å². The molecule has 1 aromatic carbocycles.